The largest absolute Gasteiger partial charge is 0.379 e. The van der Waals surface area contributed by atoms with Crippen molar-refractivity contribution in [3.63, 3.8) is 0 Å². The second-order valence-corrected chi connectivity index (χ2v) is 6.13. The average molecular weight is 276 g/mol. The van der Waals surface area contributed by atoms with Crippen molar-refractivity contribution in [3.8, 4) is 5.75 Å². The molecule has 0 bridgehead atoms. The first-order valence-corrected chi connectivity index (χ1v) is 7.38. The van der Waals surface area contributed by atoms with Crippen LogP contribution in [0.4, 0.5) is 0 Å². The Bertz CT molecular complexity index is 686. The molecular weight excluding hydrogens is 260 g/mol. The minimum Gasteiger partial charge on any atom is -0.379 e. The molecule has 0 heterocycles. The predicted octanol–water partition coefficient (Wildman–Crippen LogP) is 3.38. The van der Waals surface area contributed by atoms with Crippen LogP contribution in [0, 0.1) is 20.8 Å². The minimum absolute atomic E-state index is 0.207. The number of aryl methyl sites for hydroxylation is 3. The lowest BCUT2D eigenvalue weighted by Gasteiger charge is -2.10. The van der Waals surface area contributed by atoms with Gasteiger partial charge < -0.3 is 4.18 Å². The van der Waals surface area contributed by atoms with Gasteiger partial charge in [0, 0.05) is 0 Å². The summed E-state index contributed by atoms with van der Waals surface area (Å²) in [5.41, 5.74) is 2.76. The molecule has 3 nitrogen and oxygen atoms in total. The molecule has 0 N–H and O–H groups in total. The fraction of sp³-hybridized carbons (Fsp3) is 0.200. The van der Waals surface area contributed by atoms with E-state index in [0.717, 1.165) is 11.1 Å². The standard InChI is InChI=1S/C15H16O3S/c1-11-4-7-14(8-5-11)18-19(16,17)15-9-6-12(2)10-13(15)3/h4-10H,1-3H3. The number of hydrogen-bond donors (Lipinski definition) is 0. The molecular formula is C15H16O3S. The summed E-state index contributed by atoms with van der Waals surface area (Å²) in [6, 6.07) is 12.1. The highest BCUT2D eigenvalue weighted by Crippen LogP contribution is 2.22. The zero-order chi connectivity index (χ0) is 14.0. The lowest BCUT2D eigenvalue weighted by atomic mass is 10.2. The third-order valence-corrected chi connectivity index (χ3v) is 4.24. The van der Waals surface area contributed by atoms with Gasteiger partial charge in [-0.25, -0.2) is 0 Å². The van der Waals surface area contributed by atoms with Crippen LogP contribution in [-0.2, 0) is 10.1 Å². The van der Waals surface area contributed by atoms with Crippen LogP contribution in [0.5, 0.6) is 5.75 Å². The molecule has 0 atom stereocenters. The lowest BCUT2D eigenvalue weighted by molar-refractivity contribution is 0.485. The third-order valence-electron chi connectivity index (χ3n) is 2.83. The minimum atomic E-state index is -3.77. The van der Waals surface area contributed by atoms with Crippen LogP contribution in [0.25, 0.3) is 0 Å². The van der Waals surface area contributed by atoms with Gasteiger partial charge in [0.25, 0.3) is 0 Å². The van der Waals surface area contributed by atoms with Gasteiger partial charge >= 0.3 is 10.1 Å². The van der Waals surface area contributed by atoms with Crippen molar-refractivity contribution in [1.82, 2.24) is 0 Å². The smallest absolute Gasteiger partial charge is 0.339 e. The molecule has 0 aliphatic heterocycles. The summed E-state index contributed by atoms with van der Waals surface area (Å²) >= 11 is 0. The van der Waals surface area contributed by atoms with E-state index in [0.29, 0.717) is 11.3 Å². The van der Waals surface area contributed by atoms with Gasteiger partial charge in [0.1, 0.15) is 10.6 Å². The van der Waals surface area contributed by atoms with Crippen LogP contribution in [0.1, 0.15) is 16.7 Å². The van der Waals surface area contributed by atoms with Crippen molar-refractivity contribution in [1.29, 1.82) is 0 Å². The highest BCUT2D eigenvalue weighted by Gasteiger charge is 2.19. The van der Waals surface area contributed by atoms with Gasteiger partial charge in [0.05, 0.1) is 0 Å². The maximum absolute atomic E-state index is 12.2. The van der Waals surface area contributed by atoms with Crippen LogP contribution >= 0.6 is 0 Å². The SMILES string of the molecule is Cc1ccc(OS(=O)(=O)c2ccc(C)cc2C)cc1. The predicted molar refractivity (Wildman–Crippen MR) is 74.9 cm³/mol. The van der Waals surface area contributed by atoms with Crippen molar-refractivity contribution in [3.05, 3.63) is 59.2 Å². The normalized spacial score (nSPS) is 11.3. The Morgan fingerprint density at radius 2 is 1.42 bits per heavy atom. The van der Waals surface area contributed by atoms with E-state index in [-0.39, 0.29) is 4.90 Å². The fourth-order valence-electron chi connectivity index (χ4n) is 1.85. The van der Waals surface area contributed by atoms with Crippen molar-refractivity contribution in [2.75, 3.05) is 0 Å². The first kappa shape index (κ1) is 13.6. The Balaban J connectivity index is 2.35. The summed E-state index contributed by atoms with van der Waals surface area (Å²) < 4.78 is 29.5. The van der Waals surface area contributed by atoms with Gasteiger partial charge in [-0.1, -0.05) is 35.4 Å². The molecule has 0 saturated heterocycles. The Kier molecular flexibility index (Phi) is 3.62. The molecule has 0 amide bonds. The summed E-state index contributed by atoms with van der Waals surface area (Å²) in [5.74, 6) is 0.325. The van der Waals surface area contributed by atoms with E-state index < -0.39 is 10.1 Å². The number of benzene rings is 2. The van der Waals surface area contributed by atoms with E-state index in [1.165, 1.54) is 0 Å². The molecule has 0 aromatic heterocycles. The molecule has 100 valence electrons. The number of hydrogen-bond acceptors (Lipinski definition) is 3. The second kappa shape index (κ2) is 5.05. The van der Waals surface area contributed by atoms with Gasteiger partial charge in [-0.05, 0) is 44.5 Å². The molecule has 2 aromatic rings. The Morgan fingerprint density at radius 1 is 0.842 bits per heavy atom. The van der Waals surface area contributed by atoms with E-state index in [1.807, 2.05) is 32.0 Å². The summed E-state index contributed by atoms with van der Waals surface area (Å²) in [6.07, 6.45) is 0. The molecule has 0 radical (unpaired) electrons. The van der Waals surface area contributed by atoms with E-state index in [1.54, 1.807) is 31.2 Å². The van der Waals surface area contributed by atoms with Crippen molar-refractivity contribution in [2.24, 2.45) is 0 Å². The zero-order valence-corrected chi connectivity index (χ0v) is 12.0. The molecule has 19 heavy (non-hydrogen) atoms. The first-order chi connectivity index (χ1) is 8.88. The molecule has 0 aliphatic carbocycles. The Labute approximate surface area is 114 Å². The zero-order valence-electron chi connectivity index (χ0n) is 11.2. The van der Waals surface area contributed by atoms with Crippen LogP contribution in [-0.4, -0.2) is 8.42 Å². The highest BCUT2D eigenvalue weighted by atomic mass is 32.2. The van der Waals surface area contributed by atoms with Gasteiger partial charge in [0.2, 0.25) is 0 Å². The second-order valence-electron chi connectivity index (χ2n) is 4.62. The van der Waals surface area contributed by atoms with E-state index in [4.69, 9.17) is 4.18 Å². The highest BCUT2D eigenvalue weighted by molar-refractivity contribution is 7.87. The van der Waals surface area contributed by atoms with Gasteiger partial charge in [-0.3, -0.25) is 0 Å². The molecule has 0 aliphatic rings. The molecule has 2 rings (SSSR count). The van der Waals surface area contributed by atoms with E-state index >= 15 is 0 Å². The first-order valence-electron chi connectivity index (χ1n) is 5.97. The maximum Gasteiger partial charge on any atom is 0.339 e. The Hall–Kier alpha value is -1.81. The summed E-state index contributed by atoms with van der Waals surface area (Å²) in [6.45, 7) is 5.62. The molecule has 0 spiro atoms. The molecule has 0 fully saturated rings. The summed E-state index contributed by atoms with van der Waals surface area (Å²) in [5, 5.41) is 0. The van der Waals surface area contributed by atoms with Crippen molar-refractivity contribution in [2.45, 2.75) is 25.7 Å². The van der Waals surface area contributed by atoms with Gasteiger partial charge in [-0.2, -0.15) is 8.42 Å². The average Bonchev–Trinajstić information content (AvgIpc) is 2.31. The van der Waals surface area contributed by atoms with E-state index in [2.05, 4.69) is 0 Å². The summed E-state index contributed by atoms with van der Waals surface area (Å²) in [4.78, 5) is 0.207. The molecule has 0 unspecified atom stereocenters. The lowest BCUT2D eigenvalue weighted by Crippen LogP contribution is -2.11. The van der Waals surface area contributed by atoms with Crippen LogP contribution in [0.2, 0.25) is 0 Å². The monoisotopic (exact) mass is 276 g/mol. The van der Waals surface area contributed by atoms with Crippen LogP contribution in [0.15, 0.2) is 47.4 Å². The van der Waals surface area contributed by atoms with Crippen molar-refractivity contribution < 1.29 is 12.6 Å². The molecule has 4 heteroatoms. The maximum atomic E-state index is 12.2. The fourth-order valence-corrected chi connectivity index (χ4v) is 2.99. The topological polar surface area (TPSA) is 43.4 Å². The molecule has 2 aromatic carbocycles. The third kappa shape index (κ3) is 3.15. The van der Waals surface area contributed by atoms with Crippen LogP contribution < -0.4 is 4.18 Å². The molecule has 0 saturated carbocycles. The summed E-state index contributed by atoms with van der Waals surface area (Å²) in [7, 11) is -3.77. The number of rotatable bonds is 3. The van der Waals surface area contributed by atoms with Gasteiger partial charge in [0.15, 0.2) is 0 Å². The van der Waals surface area contributed by atoms with Crippen molar-refractivity contribution >= 4 is 10.1 Å². The van der Waals surface area contributed by atoms with E-state index in [9.17, 15) is 8.42 Å². The van der Waals surface area contributed by atoms with Crippen LogP contribution in [0.3, 0.4) is 0 Å². The Morgan fingerprint density at radius 3 is 2.00 bits per heavy atom. The quantitative estimate of drug-likeness (QED) is 0.807. The van der Waals surface area contributed by atoms with Gasteiger partial charge in [-0.15, -0.1) is 0 Å².